The number of methoxy groups -OCH3 is 1. The van der Waals surface area contributed by atoms with Crippen LogP contribution in [0, 0.1) is 0 Å². The zero-order valence-corrected chi connectivity index (χ0v) is 18.1. The van der Waals surface area contributed by atoms with Crippen LogP contribution in [0.5, 0.6) is 17.2 Å². The van der Waals surface area contributed by atoms with Crippen LogP contribution in [0.25, 0.3) is 0 Å². The first-order valence-corrected chi connectivity index (χ1v) is 10.1. The molecule has 1 N–H and O–H groups in total. The molecule has 0 spiro atoms. The van der Waals surface area contributed by atoms with E-state index in [1.165, 1.54) is 0 Å². The minimum atomic E-state index is -0.356. The maximum Gasteiger partial charge on any atom is 0.271 e. The van der Waals surface area contributed by atoms with Crippen molar-refractivity contribution in [3.8, 4) is 17.2 Å². The first-order chi connectivity index (χ1) is 15.1. The topological polar surface area (TPSA) is 69.2 Å². The Morgan fingerprint density at radius 3 is 2.65 bits per heavy atom. The zero-order chi connectivity index (χ0) is 22.1. The smallest absolute Gasteiger partial charge is 0.271 e. The van der Waals surface area contributed by atoms with Crippen LogP contribution < -0.4 is 19.6 Å². The molecule has 3 aromatic carbocycles. The highest BCUT2D eigenvalue weighted by atomic mass is 35.5. The summed E-state index contributed by atoms with van der Waals surface area (Å²) in [6.45, 7) is 2.69. The number of hydrogen-bond acceptors (Lipinski definition) is 5. The molecule has 3 aromatic rings. The summed E-state index contributed by atoms with van der Waals surface area (Å²) >= 11 is 6.16. The van der Waals surface area contributed by atoms with E-state index in [0.29, 0.717) is 41.0 Å². The molecule has 0 fully saturated rings. The Bertz CT molecular complexity index is 1070. The fourth-order valence-corrected chi connectivity index (χ4v) is 2.97. The van der Waals surface area contributed by atoms with Gasteiger partial charge in [0.25, 0.3) is 5.91 Å². The van der Waals surface area contributed by atoms with Gasteiger partial charge < -0.3 is 14.2 Å². The van der Waals surface area contributed by atoms with Crippen molar-refractivity contribution in [3.05, 3.63) is 88.4 Å². The van der Waals surface area contributed by atoms with E-state index in [2.05, 4.69) is 10.5 Å². The van der Waals surface area contributed by atoms with Crippen molar-refractivity contribution in [1.82, 2.24) is 5.43 Å². The van der Waals surface area contributed by atoms with Gasteiger partial charge >= 0.3 is 0 Å². The summed E-state index contributed by atoms with van der Waals surface area (Å²) in [5.41, 5.74) is 4.61. The third-order valence-corrected chi connectivity index (χ3v) is 4.68. The van der Waals surface area contributed by atoms with Crippen LogP contribution >= 0.6 is 11.6 Å². The third kappa shape index (κ3) is 6.23. The van der Waals surface area contributed by atoms with Crippen molar-refractivity contribution in [2.75, 3.05) is 13.7 Å². The fourth-order valence-electron chi connectivity index (χ4n) is 2.78. The molecule has 0 aliphatic rings. The van der Waals surface area contributed by atoms with Crippen LogP contribution in [-0.4, -0.2) is 25.8 Å². The summed E-state index contributed by atoms with van der Waals surface area (Å²) in [5.74, 6) is 1.39. The number of carbonyl (C=O) groups excluding carboxylic acids is 1. The standard InChI is InChI=1S/C24H23ClN2O4/c1-3-30-23-14-18(11-12-22(23)29-2)24(28)27-26-15-17-7-6-9-20(13-17)31-16-19-8-4-5-10-21(19)25/h4-15H,3,16H2,1-2H3,(H,27,28)/b26-15+. The highest BCUT2D eigenvalue weighted by molar-refractivity contribution is 6.31. The fraction of sp³-hybridized carbons (Fsp3) is 0.167. The Kier molecular flexibility index (Phi) is 7.90. The highest BCUT2D eigenvalue weighted by Gasteiger charge is 2.10. The number of carbonyl (C=O) groups is 1. The van der Waals surface area contributed by atoms with Gasteiger partial charge in [-0.15, -0.1) is 0 Å². The predicted molar refractivity (Wildman–Crippen MR) is 121 cm³/mol. The van der Waals surface area contributed by atoms with Gasteiger partial charge in [-0.2, -0.15) is 5.10 Å². The second-order valence-corrected chi connectivity index (χ2v) is 6.86. The van der Waals surface area contributed by atoms with E-state index in [1.807, 2.05) is 55.5 Å². The number of hydrazone groups is 1. The van der Waals surface area contributed by atoms with E-state index in [4.69, 9.17) is 25.8 Å². The summed E-state index contributed by atoms with van der Waals surface area (Å²) in [6.07, 6.45) is 1.55. The van der Waals surface area contributed by atoms with Gasteiger partial charge in [-0.25, -0.2) is 5.43 Å². The lowest BCUT2D eigenvalue weighted by atomic mass is 10.2. The number of rotatable bonds is 9. The molecule has 0 bridgehead atoms. The highest BCUT2D eigenvalue weighted by Crippen LogP contribution is 2.28. The molecule has 0 atom stereocenters. The SMILES string of the molecule is CCOc1cc(C(=O)N/N=C/c2cccc(OCc3ccccc3Cl)c2)ccc1OC. The number of hydrogen-bond donors (Lipinski definition) is 1. The molecule has 0 heterocycles. The number of halogens is 1. The Labute approximate surface area is 186 Å². The van der Waals surface area contributed by atoms with Gasteiger partial charge in [-0.1, -0.05) is 41.9 Å². The number of nitrogens with one attached hydrogen (secondary N) is 1. The van der Waals surface area contributed by atoms with Crippen LogP contribution in [0.1, 0.15) is 28.4 Å². The molecule has 160 valence electrons. The molecule has 0 aliphatic carbocycles. The van der Waals surface area contributed by atoms with Crippen LogP contribution in [-0.2, 0) is 6.61 Å². The largest absolute Gasteiger partial charge is 0.493 e. The van der Waals surface area contributed by atoms with E-state index in [0.717, 1.165) is 11.1 Å². The van der Waals surface area contributed by atoms with E-state index in [9.17, 15) is 4.79 Å². The number of ether oxygens (including phenoxy) is 3. The van der Waals surface area contributed by atoms with Gasteiger partial charge in [0.1, 0.15) is 12.4 Å². The molecule has 0 saturated carbocycles. The Hall–Kier alpha value is -3.51. The summed E-state index contributed by atoms with van der Waals surface area (Å²) in [6, 6.07) is 19.9. The molecule has 0 unspecified atom stereocenters. The summed E-state index contributed by atoms with van der Waals surface area (Å²) in [7, 11) is 1.55. The van der Waals surface area contributed by atoms with Crippen LogP contribution in [0.4, 0.5) is 0 Å². The predicted octanol–water partition coefficient (Wildman–Crippen LogP) is 5.09. The lowest BCUT2D eigenvalue weighted by Gasteiger charge is -2.10. The molecule has 6 nitrogen and oxygen atoms in total. The minimum Gasteiger partial charge on any atom is -0.493 e. The Balaban J connectivity index is 1.61. The van der Waals surface area contributed by atoms with Crippen molar-refractivity contribution in [3.63, 3.8) is 0 Å². The molecule has 1 amide bonds. The van der Waals surface area contributed by atoms with Gasteiger partial charge in [0.2, 0.25) is 0 Å². The van der Waals surface area contributed by atoms with Crippen LogP contribution in [0.2, 0.25) is 5.02 Å². The molecular weight excluding hydrogens is 416 g/mol. The van der Waals surface area contributed by atoms with Crippen molar-refractivity contribution < 1.29 is 19.0 Å². The minimum absolute atomic E-state index is 0.356. The number of amides is 1. The van der Waals surface area contributed by atoms with Crippen LogP contribution in [0.3, 0.4) is 0 Å². The molecule has 0 aliphatic heterocycles. The average molecular weight is 439 g/mol. The molecule has 31 heavy (non-hydrogen) atoms. The molecule has 3 rings (SSSR count). The molecular formula is C24H23ClN2O4. The maximum atomic E-state index is 12.4. The normalized spacial score (nSPS) is 10.7. The summed E-state index contributed by atoms with van der Waals surface area (Å²) in [5, 5.41) is 4.70. The summed E-state index contributed by atoms with van der Waals surface area (Å²) in [4.78, 5) is 12.4. The van der Waals surface area contributed by atoms with Crippen LogP contribution in [0.15, 0.2) is 71.8 Å². The van der Waals surface area contributed by atoms with E-state index < -0.39 is 0 Å². The van der Waals surface area contributed by atoms with Gasteiger partial charge in [-0.05, 0) is 48.9 Å². The lowest BCUT2D eigenvalue weighted by Crippen LogP contribution is -2.17. The van der Waals surface area contributed by atoms with Crippen molar-refractivity contribution >= 4 is 23.7 Å². The quantitative estimate of drug-likeness (QED) is 0.373. The lowest BCUT2D eigenvalue weighted by molar-refractivity contribution is 0.0954. The molecule has 0 saturated heterocycles. The Morgan fingerprint density at radius 2 is 1.87 bits per heavy atom. The van der Waals surface area contributed by atoms with Crippen molar-refractivity contribution in [2.45, 2.75) is 13.5 Å². The number of benzene rings is 3. The zero-order valence-electron chi connectivity index (χ0n) is 17.3. The van der Waals surface area contributed by atoms with E-state index in [1.54, 1.807) is 31.5 Å². The van der Waals surface area contributed by atoms with Gasteiger partial charge in [-0.3, -0.25) is 4.79 Å². The molecule has 0 radical (unpaired) electrons. The first kappa shape index (κ1) is 22.2. The summed E-state index contributed by atoms with van der Waals surface area (Å²) < 4.78 is 16.5. The second kappa shape index (κ2) is 11.0. The van der Waals surface area contributed by atoms with Gasteiger partial charge in [0, 0.05) is 16.1 Å². The average Bonchev–Trinajstić information content (AvgIpc) is 2.79. The van der Waals surface area contributed by atoms with Crippen molar-refractivity contribution in [1.29, 1.82) is 0 Å². The monoisotopic (exact) mass is 438 g/mol. The van der Waals surface area contributed by atoms with Gasteiger partial charge in [0.15, 0.2) is 11.5 Å². The first-order valence-electron chi connectivity index (χ1n) is 9.71. The van der Waals surface area contributed by atoms with E-state index in [-0.39, 0.29) is 5.91 Å². The Morgan fingerprint density at radius 1 is 1.03 bits per heavy atom. The molecule has 0 aromatic heterocycles. The van der Waals surface area contributed by atoms with Crippen molar-refractivity contribution in [2.24, 2.45) is 5.10 Å². The number of nitrogens with zero attached hydrogens (tertiary/aromatic N) is 1. The second-order valence-electron chi connectivity index (χ2n) is 6.45. The van der Waals surface area contributed by atoms with Gasteiger partial charge in [0.05, 0.1) is 19.9 Å². The molecule has 7 heteroatoms. The maximum absolute atomic E-state index is 12.4. The van der Waals surface area contributed by atoms with E-state index >= 15 is 0 Å². The third-order valence-electron chi connectivity index (χ3n) is 4.32.